The number of hydrogen-bond donors (Lipinski definition) is 3. The van der Waals surface area contributed by atoms with Gasteiger partial charge in [-0.2, -0.15) is 13.2 Å². The van der Waals surface area contributed by atoms with Gasteiger partial charge in [0.15, 0.2) is 29.4 Å². The summed E-state index contributed by atoms with van der Waals surface area (Å²) in [5, 5.41) is 17.8. The molecule has 4 rings (SSSR count). The van der Waals surface area contributed by atoms with Gasteiger partial charge in [-0.1, -0.05) is 11.6 Å². The van der Waals surface area contributed by atoms with Crippen molar-refractivity contribution in [2.24, 2.45) is 5.92 Å². The van der Waals surface area contributed by atoms with Crippen LogP contribution in [0, 0.1) is 23.4 Å². The maximum atomic E-state index is 15.2. The Bertz CT molecular complexity index is 1460. The number of benzene rings is 1. The van der Waals surface area contributed by atoms with Crippen LogP contribution in [-0.4, -0.2) is 51.1 Å². The number of halogens is 7. The molecule has 2 atom stereocenters. The highest BCUT2D eigenvalue weighted by molar-refractivity contribution is 6.38. The summed E-state index contributed by atoms with van der Waals surface area (Å²) in [5.74, 6) is -8.36. The highest BCUT2D eigenvalue weighted by Crippen LogP contribution is 2.40. The van der Waals surface area contributed by atoms with Gasteiger partial charge in [0.2, 0.25) is 5.43 Å². The second-order valence-electron chi connectivity index (χ2n) is 8.11. The molecule has 0 aliphatic carbocycles. The summed E-state index contributed by atoms with van der Waals surface area (Å²) < 4.78 is 83.1. The van der Waals surface area contributed by atoms with E-state index < -0.39 is 92.4 Å². The molecule has 0 amide bonds. The summed E-state index contributed by atoms with van der Waals surface area (Å²) in [5.41, 5.74) is 2.38. The van der Waals surface area contributed by atoms with Gasteiger partial charge in [0.25, 0.3) is 0 Å². The number of pyridine rings is 2. The molecule has 0 unspecified atom stereocenters. The predicted octanol–water partition coefficient (Wildman–Crippen LogP) is 3.49. The molecule has 36 heavy (non-hydrogen) atoms. The number of nitrogens with zero attached hydrogens (tertiary/aromatic N) is 3. The number of hydrogen-bond acceptors (Lipinski definition) is 6. The quantitative estimate of drug-likeness (QED) is 0.436. The van der Waals surface area contributed by atoms with E-state index in [2.05, 4.69) is 4.98 Å². The lowest BCUT2D eigenvalue weighted by Crippen LogP contribution is -2.37. The van der Waals surface area contributed by atoms with Gasteiger partial charge < -0.3 is 20.8 Å². The lowest BCUT2D eigenvalue weighted by molar-refractivity contribution is -0.217. The molecule has 2 aromatic heterocycles. The van der Waals surface area contributed by atoms with Crippen molar-refractivity contribution in [3.8, 4) is 5.82 Å². The molecule has 3 heterocycles. The Morgan fingerprint density at radius 1 is 1.19 bits per heavy atom. The lowest BCUT2D eigenvalue weighted by Gasteiger charge is -2.25. The second kappa shape index (κ2) is 8.85. The van der Waals surface area contributed by atoms with Crippen molar-refractivity contribution in [1.82, 2.24) is 9.55 Å². The lowest BCUT2D eigenvalue weighted by atomic mass is 10.0. The number of nitrogen functional groups attached to an aromatic ring is 1. The first-order valence-corrected chi connectivity index (χ1v) is 10.5. The SMILES string of the molecule is Nc1nc(-n2cc(C(=O)O)c(=O)c3cc(F)c(N4CC[C@@H]([C@H](O)C(F)(F)F)C4)c(Cl)c32)c(F)cc1F. The predicted molar refractivity (Wildman–Crippen MR) is 116 cm³/mol. The van der Waals surface area contributed by atoms with Crippen molar-refractivity contribution in [3.63, 3.8) is 0 Å². The van der Waals surface area contributed by atoms with E-state index in [1.807, 2.05) is 0 Å². The van der Waals surface area contributed by atoms with Crippen LogP contribution in [0.5, 0.6) is 0 Å². The van der Waals surface area contributed by atoms with Gasteiger partial charge in [-0.25, -0.2) is 22.9 Å². The van der Waals surface area contributed by atoms with Crippen molar-refractivity contribution in [3.05, 3.63) is 56.6 Å². The Labute approximate surface area is 202 Å². The van der Waals surface area contributed by atoms with Crippen molar-refractivity contribution >= 4 is 40.0 Å². The fourth-order valence-electron chi connectivity index (χ4n) is 4.17. The van der Waals surface area contributed by atoms with E-state index in [0.29, 0.717) is 22.9 Å². The van der Waals surface area contributed by atoms with Crippen molar-refractivity contribution < 1.29 is 41.4 Å². The van der Waals surface area contributed by atoms with Gasteiger partial charge in [0.05, 0.1) is 21.6 Å². The van der Waals surface area contributed by atoms with E-state index in [1.54, 1.807) is 0 Å². The summed E-state index contributed by atoms with van der Waals surface area (Å²) >= 11 is 6.40. The number of aliphatic hydroxyl groups is 1. The molecule has 1 aliphatic rings. The third-order valence-electron chi connectivity index (χ3n) is 5.88. The zero-order chi connectivity index (χ0) is 26.7. The molecule has 0 radical (unpaired) electrons. The Balaban J connectivity index is 1.98. The Morgan fingerprint density at radius 2 is 1.86 bits per heavy atom. The first kappa shape index (κ1) is 25.6. The van der Waals surface area contributed by atoms with E-state index >= 15 is 4.39 Å². The van der Waals surface area contributed by atoms with Crippen LogP contribution in [0.2, 0.25) is 5.02 Å². The fourth-order valence-corrected chi connectivity index (χ4v) is 4.57. The van der Waals surface area contributed by atoms with Crippen molar-refractivity contribution in [2.45, 2.75) is 18.7 Å². The number of aliphatic hydroxyl groups excluding tert-OH is 1. The molecule has 8 nitrogen and oxygen atoms in total. The van der Waals surface area contributed by atoms with Gasteiger partial charge in [-0.3, -0.25) is 9.36 Å². The van der Waals surface area contributed by atoms with Gasteiger partial charge in [-0.05, 0) is 12.5 Å². The first-order valence-electron chi connectivity index (χ1n) is 10.1. The number of fused-ring (bicyclic) bond motifs is 1. The summed E-state index contributed by atoms with van der Waals surface area (Å²) in [6.07, 6.45) is -7.12. The average molecular weight is 537 g/mol. The van der Waals surface area contributed by atoms with E-state index in [-0.39, 0.29) is 13.0 Å². The topological polar surface area (TPSA) is 122 Å². The molecule has 0 spiro atoms. The largest absolute Gasteiger partial charge is 0.477 e. The number of carbonyl (C=O) groups is 1. The average Bonchev–Trinajstić information content (AvgIpc) is 3.25. The number of anilines is 2. The molecule has 1 aromatic carbocycles. The molecule has 1 aliphatic heterocycles. The monoisotopic (exact) mass is 536 g/mol. The molecule has 0 bridgehead atoms. The first-order chi connectivity index (χ1) is 16.7. The van der Waals surface area contributed by atoms with Crippen LogP contribution < -0.4 is 16.1 Å². The molecule has 1 fully saturated rings. The van der Waals surface area contributed by atoms with Crippen molar-refractivity contribution in [2.75, 3.05) is 23.7 Å². The van der Waals surface area contributed by atoms with Crippen LogP contribution in [0.3, 0.4) is 0 Å². The van der Waals surface area contributed by atoms with Gasteiger partial charge in [0.1, 0.15) is 11.4 Å². The van der Waals surface area contributed by atoms with Crippen LogP contribution in [0.4, 0.5) is 37.8 Å². The fraction of sp³-hybridized carbons (Fsp3) is 0.286. The number of carboxylic acid groups (broad SMARTS) is 1. The minimum atomic E-state index is -4.91. The maximum absolute atomic E-state index is 15.2. The van der Waals surface area contributed by atoms with Crippen molar-refractivity contribution in [1.29, 1.82) is 0 Å². The van der Waals surface area contributed by atoms with Gasteiger partial charge >= 0.3 is 12.1 Å². The van der Waals surface area contributed by atoms with Crippen LogP contribution in [0.1, 0.15) is 16.8 Å². The van der Waals surface area contributed by atoms with E-state index in [9.17, 15) is 41.8 Å². The third kappa shape index (κ3) is 4.19. The Kier molecular flexibility index (Phi) is 6.29. The number of alkyl halides is 3. The molecule has 3 aromatic rings. The summed E-state index contributed by atoms with van der Waals surface area (Å²) in [4.78, 5) is 29.0. The Hall–Kier alpha value is -3.52. The zero-order valence-corrected chi connectivity index (χ0v) is 18.5. The Morgan fingerprint density at radius 3 is 2.47 bits per heavy atom. The van der Waals surface area contributed by atoms with Crippen LogP contribution in [0.15, 0.2) is 23.1 Å². The highest BCUT2D eigenvalue weighted by Gasteiger charge is 2.46. The number of aromatic carboxylic acids is 1. The van der Waals surface area contributed by atoms with Crippen LogP contribution in [-0.2, 0) is 0 Å². The zero-order valence-electron chi connectivity index (χ0n) is 17.8. The van der Waals surface area contributed by atoms with E-state index in [4.69, 9.17) is 17.3 Å². The highest BCUT2D eigenvalue weighted by atomic mass is 35.5. The smallest absolute Gasteiger partial charge is 0.414 e. The minimum absolute atomic E-state index is 0.159. The second-order valence-corrected chi connectivity index (χ2v) is 8.48. The molecule has 1 saturated heterocycles. The van der Waals surface area contributed by atoms with Gasteiger partial charge in [0, 0.05) is 31.3 Å². The maximum Gasteiger partial charge on any atom is 0.414 e. The number of aromatic nitrogens is 2. The van der Waals surface area contributed by atoms with E-state index in [1.165, 1.54) is 0 Å². The standard InChI is InChI=1S/C21H15ClF6N4O4/c22-13-14-8(3-10(23)15(13)31-2-1-7(5-31)17(34)21(26,27)28)16(33)9(20(35)36)6-32(14)19-12(25)4-11(24)18(29)30-19/h3-4,6-7,17,34H,1-2,5H2,(H2,29,30)(H,35,36)/t7-,17+/m1/s1. The number of carboxylic acids is 1. The van der Waals surface area contributed by atoms with E-state index in [0.717, 1.165) is 4.90 Å². The molecular weight excluding hydrogens is 522 g/mol. The third-order valence-corrected chi connectivity index (χ3v) is 6.23. The summed E-state index contributed by atoms with van der Waals surface area (Å²) in [6, 6.07) is 0.962. The van der Waals surface area contributed by atoms with Crippen LogP contribution in [0.25, 0.3) is 16.7 Å². The molecular formula is C21H15ClF6N4O4. The summed E-state index contributed by atoms with van der Waals surface area (Å²) in [7, 11) is 0. The number of nitrogens with two attached hydrogens (primary N) is 1. The van der Waals surface area contributed by atoms with Gasteiger partial charge in [-0.15, -0.1) is 0 Å². The van der Waals surface area contributed by atoms with Crippen LogP contribution >= 0.6 is 11.6 Å². The molecule has 4 N–H and O–H groups in total. The number of rotatable bonds is 4. The molecule has 0 saturated carbocycles. The summed E-state index contributed by atoms with van der Waals surface area (Å²) in [6.45, 7) is -0.621. The minimum Gasteiger partial charge on any atom is -0.477 e. The molecule has 15 heteroatoms. The normalized spacial score (nSPS) is 17.1. The molecule has 192 valence electrons.